The zero-order chi connectivity index (χ0) is 5.21. The monoisotopic (exact) mass is 128 g/mol. The van der Waals surface area contributed by atoms with Crippen LogP contribution in [-0.4, -0.2) is 5.60 Å². The molecular weight excluding hydrogens is 118 g/mol. The summed E-state index contributed by atoms with van der Waals surface area (Å²) in [4.78, 5) is 0. The molecule has 0 aromatic heterocycles. The van der Waals surface area contributed by atoms with E-state index in [0.717, 1.165) is 0 Å². The SMILES string of the molecule is CC(C)(C)OCl.F. The summed E-state index contributed by atoms with van der Waals surface area (Å²) in [5, 5.41) is 0. The van der Waals surface area contributed by atoms with E-state index in [9.17, 15) is 0 Å². The van der Waals surface area contributed by atoms with Gasteiger partial charge in [-0.3, -0.25) is 8.99 Å². The lowest BCUT2D eigenvalue weighted by Gasteiger charge is -2.10. The third-order valence-electron chi connectivity index (χ3n) is 0.231. The van der Waals surface area contributed by atoms with E-state index in [-0.39, 0.29) is 10.3 Å². The third-order valence-corrected chi connectivity index (χ3v) is 0.694. The minimum absolute atomic E-state index is 0. The van der Waals surface area contributed by atoms with Gasteiger partial charge in [0.15, 0.2) is 0 Å². The van der Waals surface area contributed by atoms with E-state index in [1.165, 1.54) is 0 Å². The predicted octanol–water partition coefficient (Wildman–Crippen LogP) is 2.11. The van der Waals surface area contributed by atoms with Crippen molar-refractivity contribution in [2.24, 2.45) is 0 Å². The van der Waals surface area contributed by atoms with Crippen molar-refractivity contribution >= 4 is 11.9 Å². The largest absolute Gasteiger partial charge is 0.273 e. The first-order valence-corrected chi connectivity index (χ1v) is 2.17. The van der Waals surface area contributed by atoms with E-state index >= 15 is 0 Å². The van der Waals surface area contributed by atoms with Gasteiger partial charge in [-0.2, -0.15) is 0 Å². The molecule has 0 radical (unpaired) electrons. The van der Waals surface area contributed by atoms with E-state index in [2.05, 4.69) is 4.29 Å². The van der Waals surface area contributed by atoms with Crippen molar-refractivity contribution < 1.29 is 8.99 Å². The fourth-order valence-corrected chi connectivity index (χ4v) is 0. The molecule has 0 saturated heterocycles. The van der Waals surface area contributed by atoms with Crippen LogP contribution in [0.4, 0.5) is 4.70 Å². The molecule has 0 fully saturated rings. The van der Waals surface area contributed by atoms with Crippen LogP contribution < -0.4 is 0 Å². The molecule has 0 unspecified atom stereocenters. The second kappa shape index (κ2) is 3.22. The van der Waals surface area contributed by atoms with Crippen LogP contribution in [0.1, 0.15) is 20.8 Å². The Morgan fingerprint density at radius 2 is 1.43 bits per heavy atom. The third kappa shape index (κ3) is 10.7. The normalized spacial score (nSPS) is 10.3. The molecule has 7 heavy (non-hydrogen) atoms. The van der Waals surface area contributed by atoms with Crippen LogP contribution in [0.5, 0.6) is 0 Å². The average molecular weight is 129 g/mol. The van der Waals surface area contributed by atoms with E-state index < -0.39 is 0 Å². The Balaban J connectivity index is 0. The zero-order valence-corrected chi connectivity index (χ0v) is 5.45. The van der Waals surface area contributed by atoms with Crippen molar-refractivity contribution in [2.45, 2.75) is 26.4 Å². The topological polar surface area (TPSA) is 9.23 Å². The lowest BCUT2D eigenvalue weighted by molar-refractivity contribution is 0.148. The lowest BCUT2D eigenvalue weighted by Crippen LogP contribution is -2.12. The van der Waals surface area contributed by atoms with Gasteiger partial charge in [0.25, 0.3) is 0 Å². The zero-order valence-electron chi connectivity index (χ0n) is 4.69. The summed E-state index contributed by atoms with van der Waals surface area (Å²) in [6, 6.07) is 0. The van der Waals surface area contributed by atoms with E-state index in [4.69, 9.17) is 11.9 Å². The van der Waals surface area contributed by atoms with Crippen molar-refractivity contribution in [3.63, 3.8) is 0 Å². The summed E-state index contributed by atoms with van der Waals surface area (Å²) in [6.07, 6.45) is 0. The van der Waals surface area contributed by atoms with Gasteiger partial charge < -0.3 is 0 Å². The molecule has 0 N–H and O–H groups in total. The molecule has 0 rings (SSSR count). The van der Waals surface area contributed by atoms with E-state index in [0.29, 0.717) is 0 Å². The lowest BCUT2D eigenvalue weighted by atomic mass is 10.2. The number of halogens is 2. The summed E-state index contributed by atoms with van der Waals surface area (Å²) in [6.45, 7) is 5.67. The summed E-state index contributed by atoms with van der Waals surface area (Å²) in [5.74, 6) is 0. The van der Waals surface area contributed by atoms with Crippen LogP contribution in [0.25, 0.3) is 0 Å². The first kappa shape index (κ1) is 10.2. The minimum atomic E-state index is -0.193. The maximum absolute atomic E-state index is 4.98. The Bertz CT molecular complexity index is 41.4. The van der Waals surface area contributed by atoms with Gasteiger partial charge in [-0.05, 0) is 20.8 Å². The van der Waals surface area contributed by atoms with E-state index in [1.807, 2.05) is 20.8 Å². The second-order valence-electron chi connectivity index (χ2n) is 2.19. The molecule has 0 heterocycles. The van der Waals surface area contributed by atoms with Gasteiger partial charge in [0.1, 0.15) is 0 Å². The Morgan fingerprint density at radius 3 is 1.43 bits per heavy atom. The molecule has 0 aromatic carbocycles. The highest BCUT2D eigenvalue weighted by atomic mass is 35.5. The van der Waals surface area contributed by atoms with Crippen molar-refractivity contribution in [1.82, 2.24) is 0 Å². The molecule has 46 valence electrons. The van der Waals surface area contributed by atoms with Gasteiger partial charge in [-0.15, -0.1) is 0 Å². The maximum atomic E-state index is 4.98. The molecule has 0 bridgehead atoms. The molecule has 0 aliphatic rings. The average Bonchev–Trinajstić information content (AvgIpc) is 1.35. The van der Waals surface area contributed by atoms with Gasteiger partial charge in [0.05, 0.1) is 17.5 Å². The smallest absolute Gasteiger partial charge is 0.0813 e. The number of hydrogen-bond donors (Lipinski definition) is 0. The van der Waals surface area contributed by atoms with Crippen molar-refractivity contribution in [2.75, 3.05) is 0 Å². The Morgan fingerprint density at radius 1 is 1.29 bits per heavy atom. The summed E-state index contributed by atoms with van der Waals surface area (Å²) in [5.41, 5.74) is -0.193. The molecule has 0 atom stereocenters. The van der Waals surface area contributed by atoms with Gasteiger partial charge in [0, 0.05) is 0 Å². The van der Waals surface area contributed by atoms with E-state index in [1.54, 1.807) is 0 Å². The molecule has 0 spiro atoms. The molecule has 3 heteroatoms. The summed E-state index contributed by atoms with van der Waals surface area (Å²) >= 11 is 4.98. The minimum Gasteiger partial charge on any atom is -0.273 e. The van der Waals surface area contributed by atoms with Gasteiger partial charge >= 0.3 is 0 Å². The molecule has 0 aromatic rings. The Hall–Kier alpha value is 0.180. The maximum Gasteiger partial charge on any atom is 0.0813 e. The van der Waals surface area contributed by atoms with Gasteiger partial charge in [-0.25, -0.2) is 0 Å². The molecule has 0 aliphatic heterocycles. The van der Waals surface area contributed by atoms with Crippen molar-refractivity contribution in [3.8, 4) is 0 Å². The second-order valence-corrected chi connectivity index (χ2v) is 2.34. The highest BCUT2D eigenvalue weighted by Gasteiger charge is 2.06. The molecule has 0 saturated carbocycles. The molecule has 1 nitrogen and oxygen atoms in total. The highest BCUT2D eigenvalue weighted by Crippen LogP contribution is 2.07. The Labute approximate surface area is 48.2 Å². The predicted molar refractivity (Wildman–Crippen MR) is 29.2 cm³/mol. The van der Waals surface area contributed by atoms with Gasteiger partial charge in [0.2, 0.25) is 0 Å². The van der Waals surface area contributed by atoms with Crippen LogP contribution in [0.2, 0.25) is 0 Å². The number of hydrogen-bond acceptors (Lipinski definition) is 1. The summed E-state index contributed by atoms with van der Waals surface area (Å²) in [7, 11) is 0. The Kier molecular flexibility index (Phi) is 4.70. The first-order valence-electron chi connectivity index (χ1n) is 1.86. The highest BCUT2D eigenvalue weighted by molar-refractivity contribution is 6.07. The molecule has 0 amide bonds. The fraction of sp³-hybridized carbons (Fsp3) is 1.00. The standard InChI is InChI=1S/C4H9ClO.FH/c1-4(2,3)6-5;/h1-3H3;1H. The van der Waals surface area contributed by atoms with Crippen LogP contribution in [-0.2, 0) is 4.29 Å². The first-order chi connectivity index (χ1) is 2.56. The molecule has 0 aliphatic carbocycles. The molecular formula is C4H10ClFO. The number of rotatable bonds is 0. The summed E-state index contributed by atoms with van der Waals surface area (Å²) < 4.78 is 4.41. The van der Waals surface area contributed by atoms with Crippen LogP contribution in [0.15, 0.2) is 0 Å². The fourth-order valence-electron chi connectivity index (χ4n) is 0. The quantitative estimate of drug-likeness (QED) is 0.486. The van der Waals surface area contributed by atoms with Gasteiger partial charge in [-0.1, -0.05) is 0 Å². The van der Waals surface area contributed by atoms with Crippen LogP contribution >= 0.6 is 11.9 Å². The van der Waals surface area contributed by atoms with Crippen molar-refractivity contribution in [3.05, 3.63) is 0 Å². The van der Waals surface area contributed by atoms with Crippen molar-refractivity contribution in [1.29, 1.82) is 0 Å². The van der Waals surface area contributed by atoms with Crippen LogP contribution in [0.3, 0.4) is 0 Å². The van der Waals surface area contributed by atoms with Crippen LogP contribution in [0, 0.1) is 0 Å².